The fourth-order valence-corrected chi connectivity index (χ4v) is 1.91. The topological polar surface area (TPSA) is 49.5 Å². The molecule has 3 N–H and O–H groups in total. The van der Waals surface area contributed by atoms with Crippen molar-refractivity contribution in [3.8, 4) is 0 Å². The van der Waals surface area contributed by atoms with Crippen LogP contribution in [0.15, 0.2) is 18.2 Å². The highest BCUT2D eigenvalue weighted by molar-refractivity contribution is 5.24. The lowest BCUT2D eigenvalue weighted by molar-refractivity contribution is 0.190. The maximum atomic E-state index is 13.3. The van der Waals surface area contributed by atoms with Crippen LogP contribution in [0.25, 0.3) is 0 Å². The molecule has 1 aromatic rings. The van der Waals surface area contributed by atoms with Crippen molar-refractivity contribution in [3.05, 3.63) is 35.1 Å². The van der Waals surface area contributed by atoms with Crippen molar-refractivity contribution in [1.29, 1.82) is 0 Å². The summed E-state index contributed by atoms with van der Waals surface area (Å²) in [7, 11) is 0. The Morgan fingerprint density at radius 2 is 1.94 bits per heavy atom. The van der Waals surface area contributed by atoms with Gasteiger partial charge in [0.2, 0.25) is 0 Å². The van der Waals surface area contributed by atoms with Crippen LogP contribution in [0, 0.1) is 5.82 Å². The zero-order valence-corrected chi connectivity index (χ0v) is 10.3. The van der Waals surface area contributed by atoms with Gasteiger partial charge in [-0.3, -0.25) is 4.90 Å². The molecule has 0 fully saturated rings. The van der Waals surface area contributed by atoms with E-state index in [1.165, 1.54) is 12.1 Å². The standard InChI is InChI=1S/C13H21FN2O/c1-2-3-16(4-5-17)10-12-6-11(9-15)7-13(14)8-12/h6-8,17H,2-5,9-10,15H2,1H3. The molecule has 0 aromatic heterocycles. The zero-order valence-electron chi connectivity index (χ0n) is 10.3. The Hall–Kier alpha value is -0.970. The molecule has 0 aliphatic rings. The number of rotatable bonds is 7. The molecule has 0 heterocycles. The number of halogens is 1. The van der Waals surface area contributed by atoms with Crippen LogP contribution in [0.1, 0.15) is 24.5 Å². The van der Waals surface area contributed by atoms with E-state index in [2.05, 4.69) is 11.8 Å². The van der Waals surface area contributed by atoms with Crippen LogP contribution in [-0.2, 0) is 13.1 Å². The summed E-state index contributed by atoms with van der Waals surface area (Å²) in [5.41, 5.74) is 7.23. The first-order valence-corrected chi connectivity index (χ1v) is 6.01. The van der Waals surface area contributed by atoms with Crippen molar-refractivity contribution in [2.45, 2.75) is 26.4 Å². The van der Waals surface area contributed by atoms with Gasteiger partial charge in [0.25, 0.3) is 0 Å². The van der Waals surface area contributed by atoms with Gasteiger partial charge in [0, 0.05) is 19.6 Å². The summed E-state index contributed by atoms with van der Waals surface area (Å²) in [6.07, 6.45) is 1.01. The van der Waals surface area contributed by atoms with Gasteiger partial charge in [-0.25, -0.2) is 4.39 Å². The van der Waals surface area contributed by atoms with Gasteiger partial charge in [-0.15, -0.1) is 0 Å². The highest BCUT2D eigenvalue weighted by Crippen LogP contribution is 2.11. The highest BCUT2D eigenvalue weighted by atomic mass is 19.1. The normalized spacial score (nSPS) is 11.1. The molecule has 96 valence electrons. The molecule has 0 saturated heterocycles. The van der Waals surface area contributed by atoms with Crippen LogP contribution in [-0.4, -0.2) is 29.7 Å². The molecular formula is C13H21FN2O. The molecule has 0 unspecified atom stereocenters. The van der Waals surface area contributed by atoms with Gasteiger partial charge < -0.3 is 10.8 Å². The molecular weight excluding hydrogens is 219 g/mol. The average molecular weight is 240 g/mol. The number of nitrogens with zero attached hydrogens (tertiary/aromatic N) is 1. The highest BCUT2D eigenvalue weighted by Gasteiger charge is 2.06. The Kier molecular flexibility index (Phi) is 6.11. The lowest BCUT2D eigenvalue weighted by Gasteiger charge is -2.20. The third kappa shape index (κ3) is 4.81. The van der Waals surface area contributed by atoms with Gasteiger partial charge in [-0.05, 0) is 36.2 Å². The molecule has 1 rings (SSSR count). The predicted molar refractivity (Wildman–Crippen MR) is 66.9 cm³/mol. The Morgan fingerprint density at radius 3 is 2.53 bits per heavy atom. The van der Waals surface area contributed by atoms with E-state index in [1.54, 1.807) is 0 Å². The Morgan fingerprint density at radius 1 is 1.24 bits per heavy atom. The molecule has 0 saturated carbocycles. The smallest absolute Gasteiger partial charge is 0.123 e. The number of aliphatic hydroxyl groups is 1. The van der Waals surface area contributed by atoms with Crippen molar-refractivity contribution >= 4 is 0 Å². The number of hydrogen-bond acceptors (Lipinski definition) is 3. The first-order valence-electron chi connectivity index (χ1n) is 6.01. The van der Waals surface area contributed by atoms with Crippen LogP contribution in [0.2, 0.25) is 0 Å². The van der Waals surface area contributed by atoms with Gasteiger partial charge in [-0.1, -0.05) is 13.0 Å². The van der Waals surface area contributed by atoms with Gasteiger partial charge in [-0.2, -0.15) is 0 Å². The summed E-state index contributed by atoms with van der Waals surface area (Å²) in [5.74, 6) is -0.247. The Bertz CT molecular complexity index is 338. The average Bonchev–Trinajstić information content (AvgIpc) is 2.29. The van der Waals surface area contributed by atoms with Crippen LogP contribution >= 0.6 is 0 Å². The fourth-order valence-electron chi connectivity index (χ4n) is 1.91. The van der Waals surface area contributed by atoms with Crippen molar-refractivity contribution in [2.24, 2.45) is 5.73 Å². The Labute approximate surface area is 102 Å². The van der Waals surface area contributed by atoms with Gasteiger partial charge in [0.1, 0.15) is 5.82 Å². The summed E-state index contributed by atoms with van der Waals surface area (Å²) in [6, 6.07) is 4.90. The molecule has 0 radical (unpaired) electrons. The first-order chi connectivity index (χ1) is 8.19. The van der Waals surface area contributed by atoms with Crippen molar-refractivity contribution in [2.75, 3.05) is 19.7 Å². The number of benzene rings is 1. The molecule has 0 spiro atoms. The number of hydrogen-bond donors (Lipinski definition) is 2. The van der Waals surface area contributed by atoms with E-state index in [4.69, 9.17) is 10.8 Å². The second kappa shape index (κ2) is 7.37. The SMILES string of the molecule is CCCN(CCO)Cc1cc(F)cc(CN)c1. The summed E-state index contributed by atoms with van der Waals surface area (Å²) < 4.78 is 13.3. The molecule has 17 heavy (non-hydrogen) atoms. The molecule has 4 heteroatoms. The number of nitrogens with two attached hydrogens (primary N) is 1. The molecule has 0 atom stereocenters. The fraction of sp³-hybridized carbons (Fsp3) is 0.538. The van der Waals surface area contributed by atoms with Gasteiger partial charge in [0.05, 0.1) is 6.61 Å². The maximum Gasteiger partial charge on any atom is 0.123 e. The second-order valence-corrected chi connectivity index (χ2v) is 4.17. The molecule has 0 amide bonds. The Balaban J connectivity index is 2.73. The largest absolute Gasteiger partial charge is 0.395 e. The van der Waals surface area contributed by atoms with E-state index >= 15 is 0 Å². The van der Waals surface area contributed by atoms with Crippen molar-refractivity contribution in [1.82, 2.24) is 4.90 Å². The van der Waals surface area contributed by atoms with Gasteiger partial charge in [0.15, 0.2) is 0 Å². The zero-order chi connectivity index (χ0) is 12.7. The third-order valence-electron chi connectivity index (χ3n) is 2.62. The van der Waals surface area contributed by atoms with E-state index in [9.17, 15) is 4.39 Å². The third-order valence-corrected chi connectivity index (χ3v) is 2.62. The van der Waals surface area contributed by atoms with Crippen molar-refractivity contribution < 1.29 is 9.50 Å². The van der Waals surface area contributed by atoms with Crippen LogP contribution in [0.4, 0.5) is 4.39 Å². The van der Waals surface area contributed by atoms with E-state index < -0.39 is 0 Å². The van der Waals surface area contributed by atoms with E-state index in [0.717, 1.165) is 24.1 Å². The van der Waals surface area contributed by atoms with Crippen LogP contribution in [0.3, 0.4) is 0 Å². The minimum atomic E-state index is -0.247. The monoisotopic (exact) mass is 240 g/mol. The van der Waals surface area contributed by atoms with Crippen LogP contribution < -0.4 is 5.73 Å². The second-order valence-electron chi connectivity index (χ2n) is 4.17. The minimum absolute atomic E-state index is 0.124. The van der Waals surface area contributed by atoms with E-state index in [-0.39, 0.29) is 12.4 Å². The maximum absolute atomic E-state index is 13.3. The lowest BCUT2D eigenvalue weighted by atomic mass is 10.1. The molecule has 0 aliphatic heterocycles. The van der Waals surface area contributed by atoms with Crippen LogP contribution in [0.5, 0.6) is 0 Å². The molecule has 0 bridgehead atoms. The predicted octanol–water partition coefficient (Wildman–Crippen LogP) is 1.49. The van der Waals surface area contributed by atoms with Crippen molar-refractivity contribution in [3.63, 3.8) is 0 Å². The van der Waals surface area contributed by atoms with Gasteiger partial charge >= 0.3 is 0 Å². The summed E-state index contributed by atoms with van der Waals surface area (Å²) in [5, 5.41) is 8.96. The molecule has 1 aromatic carbocycles. The molecule has 3 nitrogen and oxygen atoms in total. The minimum Gasteiger partial charge on any atom is -0.395 e. The summed E-state index contributed by atoms with van der Waals surface area (Å²) >= 11 is 0. The number of aliphatic hydroxyl groups excluding tert-OH is 1. The van der Waals surface area contributed by atoms with E-state index in [1.807, 2.05) is 6.07 Å². The summed E-state index contributed by atoms with van der Waals surface area (Å²) in [6.45, 7) is 4.72. The summed E-state index contributed by atoms with van der Waals surface area (Å²) in [4.78, 5) is 2.11. The van der Waals surface area contributed by atoms with E-state index in [0.29, 0.717) is 19.6 Å². The first kappa shape index (κ1) is 14.1. The molecule has 0 aliphatic carbocycles. The lowest BCUT2D eigenvalue weighted by Crippen LogP contribution is -2.27. The quantitative estimate of drug-likeness (QED) is 0.759.